The molecule has 5 heteroatoms. The first-order valence-corrected chi connectivity index (χ1v) is 7.44. The lowest BCUT2D eigenvalue weighted by Gasteiger charge is -2.33. The molecule has 0 spiro atoms. The Morgan fingerprint density at radius 1 is 1.30 bits per heavy atom. The van der Waals surface area contributed by atoms with Crippen LogP contribution in [0.3, 0.4) is 0 Å². The van der Waals surface area contributed by atoms with Crippen LogP contribution in [0.25, 0.3) is 5.65 Å². The average Bonchev–Trinajstić information content (AvgIpc) is 2.89. The molecule has 20 heavy (non-hydrogen) atoms. The second-order valence-corrected chi connectivity index (χ2v) is 5.86. The van der Waals surface area contributed by atoms with Crippen LogP contribution < -0.4 is 5.32 Å². The van der Waals surface area contributed by atoms with Crippen LogP contribution in [0.4, 0.5) is 0 Å². The van der Waals surface area contributed by atoms with Gasteiger partial charge in [-0.3, -0.25) is 4.40 Å². The highest BCUT2D eigenvalue weighted by molar-refractivity contribution is 5.36. The lowest BCUT2D eigenvalue weighted by molar-refractivity contribution is 0.189. The van der Waals surface area contributed by atoms with E-state index in [1.54, 1.807) is 0 Å². The molecular formula is C15H23N5. The Labute approximate surface area is 120 Å². The van der Waals surface area contributed by atoms with Crippen LogP contribution >= 0.6 is 0 Å². The summed E-state index contributed by atoms with van der Waals surface area (Å²) in [6.45, 7) is 5.49. The fraction of sp³-hybridized carbons (Fsp3) is 0.600. The third-order valence-corrected chi connectivity index (χ3v) is 4.44. The second kappa shape index (κ2) is 5.89. The monoisotopic (exact) mass is 273 g/mol. The van der Waals surface area contributed by atoms with Gasteiger partial charge in [-0.05, 0) is 58.0 Å². The molecule has 2 aromatic rings. The van der Waals surface area contributed by atoms with Crippen LogP contribution in [0.5, 0.6) is 0 Å². The molecule has 1 fully saturated rings. The molecule has 0 bridgehead atoms. The van der Waals surface area contributed by atoms with Gasteiger partial charge < -0.3 is 10.2 Å². The zero-order valence-electron chi connectivity index (χ0n) is 12.3. The summed E-state index contributed by atoms with van der Waals surface area (Å²) in [5.41, 5.74) is 0.913. The number of piperidine rings is 1. The normalized spacial score (nSPS) is 19.5. The van der Waals surface area contributed by atoms with Gasteiger partial charge in [0.2, 0.25) is 0 Å². The van der Waals surface area contributed by atoms with Crippen molar-refractivity contribution in [3.8, 4) is 0 Å². The highest BCUT2D eigenvalue weighted by atomic mass is 15.3. The SMILES string of the molecule is CC(NCc1nnc2ccccn12)C1CCN(C)CC1. The van der Waals surface area contributed by atoms with Gasteiger partial charge in [-0.25, -0.2) is 0 Å². The van der Waals surface area contributed by atoms with Crippen molar-refractivity contribution in [2.45, 2.75) is 32.4 Å². The topological polar surface area (TPSA) is 45.5 Å². The largest absolute Gasteiger partial charge is 0.307 e. The van der Waals surface area contributed by atoms with Gasteiger partial charge in [0.15, 0.2) is 11.5 Å². The van der Waals surface area contributed by atoms with Crippen molar-refractivity contribution < 1.29 is 0 Å². The average molecular weight is 273 g/mol. The van der Waals surface area contributed by atoms with E-state index in [4.69, 9.17) is 0 Å². The summed E-state index contributed by atoms with van der Waals surface area (Å²) in [4.78, 5) is 2.41. The van der Waals surface area contributed by atoms with E-state index in [0.717, 1.165) is 23.9 Å². The number of pyridine rings is 1. The van der Waals surface area contributed by atoms with Gasteiger partial charge in [0, 0.05) is 12.2 Å². The predicted molar refractivity (Wildman–Crippen MR) is 79.5 cm³/mol. The van der Waals surface area contributed by atoms with E-state index in [2.05, 4.69) is 34.4 Å². The van der Waals surface area contributed by atoms with E-state index in [1.807, 2.05) is 28.8 Å². The zero-order valence-corrected chi connectivity index (χ0v) is 12.3. The summed E-state index contributed by atoms with van der Waals surface area (Å²) in [6.07, 6.45) is 4.59. The number of fused-ring (bicyclic) bond motifs is 1. The maximum atomic E-state index is 4.27. The Morgan fingerprint density at radius 3 is 2.90 bits per heavy atom. The van der Waals surface area contributed by atoms with Crippen molar-refractivity contribution in [3.63, 3.8) is 0 Å². The van der Waals surface area contributed by atoms with Gasteiger partial charge in [0.1, 0.15) is 0 Å². The molecule has 1 aliphatic heterocycles. The molecule has 1 saturated heterocycles. The smallest absolute Gasteiger partial charge is 0.160 e. The van der Waals surface area contributed by atoms with Crippen LogP contribution in [0.1, 0.15) is 25.6 Å². The summed E-state index contributed by atoms with van der Waals surface area (Å²) in [5.74, 6) is 1.76. The number of hydrogen-bond donors (Lipinski definition) is 1. The van der Waals surface area contributed by atoms with E-state index < -0.39 is 0 Å². The Hall–Kier alpha value is -1.46. The quantitative estimate of drug-likeness (QED) is 0.918. The number of nitrogens with one attached hydrogen (secondary N) is 1. The summed E-state index contributed by atoms with van der Waals surface area (Å²) in [6, 6.07) is 6.51. The van der Waals surface area contributed by atoms with Gasteiger partial charge in [-0.2, -0.15) is 0 Å². The number of aromatic nitrogens is 3. The molecule has 0 saturated carbocycles. The third-order valence-electron chi connectivity index (χ3n) is 4.44. The van der Waals surface area contributed by atoms with Gasteiger partial charge in [-0.15, -0.1) is 10.2 Å². The first-order valence-electron chi connectivity index (χ1n) is 7.44. The number of rotatable bonds is 4. The van der Waals surface area contributed by atoms with Crippen molar-refractivity contribution in [1.82, 2.24) is 24.8 Å². The number of likely N-dealkylation sites (tertiary alicyclic amines) is 1. The standard InChI is InChI=1S/C15H23N5/c1-12(13-6-9-19(2)10-7-13)16-11-15-18-17-14-5-3-4-8-20(14)15/h3-5,8,12-13,16H,6-7,9-11H2,1-2H3. The lowest BCUT2D eigenvalue weighted by atomic mass is 9.90. The molecule has 0 aliphatic carbocycles. The van der Waals surface area contributed by atoms with Crippen LogP contribution in [0.2, 0.25) is 0 Å². The molecule has 1 aliphatic rings. The van der Waals surface area contributed by atoms with Crippen molar-refractivity contribution >= 4 is 5.65 Å². The summed E-state index contributed by atoms with van der Waals surface area (Å²) in [7, 11) is 2.21. The van der Waals surface area contributed by atoms with E-state index in [0.29, 0.717) is 6.04 Å². The summed E-state index contributed by atoms with van der Waals surface area (Å²) < 4.78 is 2.05. The van der Waals surface area contributed by atoms with E-state index in [9.17, 15) is 0 Å². The molecule has 2 aromatic heterocycles. The van der Waals surface area contributed by atoms with Crippen molar-refractivity contribution in [1.29, 1.82) is 0 Å². The fourth-order valence-electron chi connectivity index (χ4n) is 2.96. The van der Waals surface area contributed by atoms with Crippen molar-refractivity contribution in [3.05, 3.63) is 30.2 Å². The maximum Gasteiger partial charge on any atom is 0.160 e. The van der Waals surface area contributed by atoms with E-state index >= 15 is 0 Å². The second-order valence-electron chi connectivity index (χ2n) is 5.86. The maximum absolute atomic E-state index is 4.27. The zero-order chi connectivity index (χ0) is 13.9. The predicted octanol–water partition coefficient (Wildman–Crippen LogP) is 1.55. The fourth-order valence-corrected chi connectivity index (χ4v) is 2.96. The first kappa shape index (κ1) is 13.5. The molecule has 1 unspecified atom stereocenters. The van der Waals surface area contributed by atoms with Crippen LogP contribution in [0, 0.1) is 5.92 Å². The minimum Gasteiger partial charge on any atom is -0.307 e. The number of hydrogen-bond acceptors (Lipinski definition) is 4. The minimum absolute atomic E-state index is 0.528. The molecule has 3 rings (SSSR count). The van der Waals surface area contributed by atoms with Gasteiger partial charge >= 0.3 is 0 Å². The number of nitrogens with zero attached hydrogens (tertiary/aromatic N) is 4. The first-order chi connectivity index (χ1) is 9.74. The molecule has 0 radical (unpaired) electrons. The van der Waals surface area contributed by atoms with Gasteiger partial charge in [0.05, 0.1) is 6.54 Å². The van der Waals surface area contributed by atoms with E-state index in [-0.39, 0.29) is 0 Å². The molecule has 5 nitrogen and oxygen atoms in total. The molecule has 108 valence electrons. The molecule has 0 amide bonds. The highest BCUT2D eigenvalue weighted by Gasteiger charge is 2.22. The third kappa shape index (κ3) is 2.83. The van der Waals surface area contributed by atoms with E-state index in [1.165, 1.54) is 25.9 Å². The molecule has 1 N–H and O–H groups in total. The van der Waals surface area contributed by atoms with Crippen LogP contribution in [0.15, 0.2) is 24.4 Å². The van der Waals surface area contributed by atoms with Crippen LogP contribution in [-0.4, -0.2) is 45.7 Å². The highest BCUT2D eigenvalue weighted by Crippen LogP contribution is 2.19. The summed E-state index contributed by atoms with van der Waals surface area (Å²) in [5, 5.41) is 12.1. The van der Waals surface area contributed by atoms with Gasteiger partial charge in [-0.1, -0.05) is 6.07 Å². The lowest BCUT2D eigenvalue weighted by Crippen LogP contribution is -2.40. The Kier molecular flexibility index (Phi) is 3.98. The molecule has 0 aromatic carbocycles. The minimum atomic E-state index is 0.528. The summed E-state index contributed by atoms with van der Waals surface area (Å²) >= 11 is 0. The molecule has 1 atom stereocenters. The Bertz CT molecular complexity index is 556. The Balaban J connectivity index is 1.59. The van der Waals surface area contributed by atoms with Crippen molar-refractivity contribution in [2.24, 2.45) is 5.92 Å². The Morgan fingerprint density at radius 2 is 2.10 bits per heavy atom. The van der Waals surface area contributed by atoms with Crippen LogP contribution in [-0.2, 0) is 6.54 Å². The van der Waals surface area contributed by atoms with Gasteiger partial charge in [0.25, 0.3) is 0 Å². The van der Waals surface area contributed by atoms with Crippen molar-refractivity contribution in [2.75, 3.05) is 20.1 Å². The molecule has 3 heterocycles. The molecular weight excluding hydrogens is 250 g/mol.